The molecule has 2 aromatic carbocycles. The Balaban J connectivity index is 0.00000176. The van der Waals surface area contributed by atoms with Crippen LogP contribution in [0.1, 0.15) is 69.9 Å². The maximum Gasteiger partial charge on any atom is 0.0897 e. The van der Waals surface area contributed by atoms with E-state index in [1.54, 1.807) is 0 Å². The number of hydrogen-bond acceptors (Lipinski definition) is 1. The third-order valence-corrected chi connectivity index (χ3v) is 4.96. The Morgan fingerprint density at radius 1 is 0.741 bits per heavy atom. The molecular weight excluding hydrogens is 333 g/mol. The summed E-state index contributed by atoms with van der Waals surface area (Å²) in [4.78, 5) is 0. The highest BCUT2D eigenvalue weighted by molar-refractivity contribution is 5.32. The van der Waals surface area contributed by atoms with E-state index in [4.69, 9.17) is 0 Å². The predicted molar refractivity (Wildman–Crippen MR) is 117 cm³/mol. The Hall–Kier alpha value is -1.67. The molecule has 1 unspecified atom stereocenters. The molecule has 0 spiro atoms. The molecule has 27 heavy (non-hydrogen) atoms. The molecule has 2 aromatic rings. The Morgan fingerprint density at radius 2 is 1.26 bits per heavy atom. The molecule has 1 N–H and O–H groups in total. The molecule has 0 aliphatic carbocycles. The van der Waals surface area contributed by atoms with Gasteiger partial charge in [-0.25, -0.2) is 0 Å². The fourth-order valence-corrected chi connectivity index (χ4v) is 3.57. The highest BCUT2D eigenvalue weighted by atomic mass is 19.1. The molecule has 1 nitrogen and oxygen atoms in total. The van der Waals surface area contributed by atoms with Crippen LogP contribution < -0.4 is 5.32 Å². The minimum atomic E-state index is -0.186. The Labute approximate surface area is 166 Å². The van der Waals surface area contributed by atoms with Crippen LogP contribution in [0.4, 0.5) is 4.39 Å². The van der Waals surface area contributed by atoms with Crippen molar-refractivity contribution in [2.45, 2.75) is 58.8 Å². The van der Waals surface area contributed by atoms with E-state index in [0.717, 1.165) is 38.8 Å². The summed E-state index contributed by atoms with van der Waals surface area (Å²) in [5.74, 6) is 0.953. The molecule has 0 amide bonds. The summed E-state index contributed by atoms with van der Waals surface area (Å²) in [7, 11) is 0. The van der Waals surface area contributed by atoms with Gasteiger partial charge in [-0.3, -0.25) is 4.39 Å². The molecule has 2 rings (SSSR count). The van der Waals surface area contributed by atoms with Crippen LogP contribution in [-0.4, -0.2) is 19.8 Å². The van der Waals surface area contributed by atoms with E-state index < -0.39 is 0 Å². The van der Waals surface area contributed by atoms with Gasteiger partial charge in [-0.1, -0.05) is 94.3 Å². The van der Waals surface area contributed by atoms with Crippen LogP contribution in [0.2, 0.25) is 0 Å². The summed E-state index contributed by atoms with van der Waals surface area (Å²) in [6.45, 7) is 7.97. The first-order chi connectivity index (χ1) is 13.3. The van der Waals surface area contributed by atoms with Crippen molar-refractivity contribution in [2.75, 3.05) is 19.8 Å². The van der Waals surface area contributed by atoms with Crippen molar-refractivity contribution in [3.63, 3.8) is 0 Å². The van der Waals surface area contributed by atoms with Gasteiger partial charge in [0.15, 0.2) is 0 Å². The average Bonchev–Trinajstić information content (AvgIpc) is 2.73. The first-order valence-corrected chi connectivity index (χ1v) is 10.7. The fourth-order valence-electron chi connectivity index (χ4n) is 3.57. The van der Waals surface area contributed by atoms with E-state index in [9.17, 15) is 4.39 Å². The van der Waals surface area contributed by atoms with E-state index in [1.807, 2.05) is 13.8 Å². The number of rotatable bonds is 12. The summed E-state index contributed by atoms with van der Waals surface area (Å²) in [6.07, 6.45) is 5.16. The van der Waals surface area contributed by atoms with Crippen LogP contribution in [0, 0.1) is 5.92 Å². The fraction of sp³-hybridized carbons (Fsp3) is 0.520. The van der Waals surface area contributed by atoms with Crippen molar-refractivity contribution in [1.29, 1.82) is 0 Å². The third-order valence-electron chi connectivity index (χ3n) is 4.96. The first kappa shape index (κ1) is 23.4. The Bertz CT molecular complexity index is 510. The van der Waals surface area contributed by atoms with Crippen molar-refractivity contribution in [1.82, 2.24) is 5.32 Å². The van der Waals surface area contributed by atoms with Crippen LogP contribution in [0.25, 0.3) is 0 Å². The van der Waals surface area contributed by atoms with Crippen molar-refractivity contribution in [3.8, 4) is 0 Å². The summed E-state index contributed by atoms with van der Waals surface area (Å²) < 4.78 is 12.6. The van der Waals surface area contributed by atoms with Gasteiger partial charge in [-0.05, 0) is 49.4 Å². The molecule has 0 aromatic heterocycles. The van der Waals surface area contributed by atoms with Gasteiger partial charge in [-0.2, -0.15) is 0 Å². The largest absolute Gasteiger partial charge is 0.317 e. The van der Waals surface area contributed by atoms with Crippen molar-refractivity contribution in [3.05, 3.63) is 71.8 Å². The minimum absolute atomic E-state index is 0.186. The lowest BCUT2D eigenvalue weighted by molar-refractivity contribution is 0.345. The molecular formula is C25H38FN. The van der Waals surface area contributed by atoms with Gasteiger partial charge in [0.25, 0.3) is 0 Å². The average molecular weight is 372 g/mol. The SMILES string of the molecule is CC.CCCC(CCF)CCNCCC(c1ccccc1)c1ccccc1. The molecule has 0 saturated heterocycles. The minimum Gasteiger partial charge on any atom is -0.317 e. The molecule has 0 fully saturated rings. The zero-order valence-electron chi connectivity index (χ0n) is 17.5. The summed E-state index contributed by atoms with van der Waals surface area (Å²) >= 11 is 0. The highest BCUT2D eigenvalue weighted by Crippen LogP contribution is 2.27. The number of hydrogen-bond donors (Lipinski definition) is 1. The zero-order valence-corrected chi connectivity index (χ0v) is 17.5. The van der Waals surface area contributed by atoms with Gasteiger partial charge in [0.05, 0.1) is 6.67 Å². The second-order valence-electron chi connectivity index (χ2n) is 6.83. The van der Waals surface area contributed by atoms with E-state index >= 15 is 0 Å². The summed E-state index contributed by atoms with van der Waals surface area (Å²) in [5, 5.41) is 3.58. The second kappa shape index (κ2) is 15.4. The normalized spacial score (nSPS) is 11.7. The summed E-state index contributed by atoms with van der Waals surface area (Å²) in [5.41, 5.74) is 2.74. The molecule has 0 aliphatic rings. The van der Waals surface area contributed by atoms with Crippen LogP contribution in [0.3, 0.4) is 0 Å². The molecule has 0 bridgehead atoms. The van der Waals surface area contributed by atoms with Gasteiger partial charge >= 0.3 is 0 Å². The monoisotopic (exact) mass is 371 g/mol. The Morgan fingerprint density at radius 3 is 1.74 bits per heavy atom. The predicted octanol–water partition coefficient (Wildman–Crippen LogP) is 6.99. The molecule has 0 radical (unpaired) electrons. The number of alkyl halides is 1. The molecule has 2 heteroatoms. The van der Waals surface area contributed by atoms with Gasteiger partial charge < -0.3 is 5.32 Å². The third kappa shape index (κ3) is 9.19. The van der Waals surface area contributed by atoms with Gasteiger partial charge in [0.1, 0.15) is 0 Å². The highest BCUT2D eigenvalue weighted by Gasteiger charge is 2.13. The molecule has 0 saturated carbocycles. The molecule has 1 atom stereocenters. The van der Waals surface area contributed by atoms with Crippen molar-refractivity contribution >= 4 is 0 Å². The second-order valence-corrected chi connectivity index (χ2v) is 6.83. The van der Waals surface area contributed by atoms with Gasteiger partial charge in [0, 0.05) is 5.92 Å². The van der Waals surface area contributed by atoms with Gasteiger partial charge in [-0.15, -0.1) is 0 Å². The van der Waals surface area contributed by atoms with E-state index in [-0.39, 0.29) is 6.67 Å². The maximum atomic E-state index is 12.6. The maximum absolute atomic E-state index is 12.6. The van der Waals surface area contributed by atoms with Crippen LogP contribution in [-0.2, 0) is 0 Å². The van der Waals surface area contributed by atoms with Gasteiger partial charge in [0.2, 0.25) is 0 Å². The number of nitrogens with one attached hydrogen (secondary N) is 1. The first-order valence-electron chi connectivity index (χ1n) is 10.7. The van der Waals surface area contributed by atoms with E-state index in [2.05, 4.69) is 72.9 Å². The quantitative estimate of drug-likeness (QED) is 0.396. The lowest BCUT2D eigenvalue weighted by Crippen LogP contribution is -2.21. The Kier molecular flexibility index (Phi) is 13.3. The molecule has 0 heterocycles. The lowest BCUT2D eigenvalue weighted by atomic mass is 9.88. The summed E-state index contributed by atoms with van der Waals surface area (Å²) in [6, 6.07) is 21.5. The van der Waals surface area contributed by atoms with Crippen LogP contribution in [0.15, 0.2) is 60.7 Å². The molecule has 0 aliphatic heterocycles. The van der Waals surface area contributed by atoms with E-state index in [0.29, 0.717) is 18.3 Å². The van der Waals surface area contributed by atoms with Crippen molar-refractivity contribution in [2.24, 2.45) is 5.92 Å². The number of halogens is 1. The number of benzene rings is 2. The van der Waals surface area contributed by atoms with Crippen LogP contribution >= 0.6 is 0 Å². The molecule has 150 valence electrons. The topological polar surface area (TPSA) is 12.0 Å². The smallest absolute Gasteiger partial charge is 0.0897 e. The zero-order chi connectivity index (χ0) is 19.7. The van der Waals surface area contributed by atoms with Crippen molar-refractivity contribution < 1.29 is 4.39 Å². The van der Waals surface area contributed by atoms with E-state index in [1.165, 1.54) is 11.1 Å². The van der Waals surface area contributed by atoms with Crippen LogP contribution in [0.5, 0.6) is 0 Å². The standard InChI is InChI=1S/C23H32FN.C2H6/c1-2-9-20(14-17-24)15-18-25-19-16-23(21-10-5-3-6-11-21)22-12-7-4-8-13-22;1-2/h3-8,10-13,20,23,25H,2,9,14-19H2,1H3;1-2H3. The lowest BCUT2D eigenvalue weighted by Gasteiger charge is -2.19.